The maximum absolute atomic E-state index is 12.3. The highest BCUT2D eigenvalue weighted by Crippen LogP contribution is 2.25. The predicted molar refractivity (Wildman–Crippen MR) is 75.9 cm³/mol. The molecule has 1 saturated carbocycles. The zero-order valence-electron chi connectivity index (χ0n) is 11.8. The third-order valence-corrected chi connectivity index (χ3v) is 5.31. The van der Waals surface area contributed by atoms with Gasteiger partial charge in [-0.3, -0.25) is 0 Å². The molecule has 0 heterocycles. The molecule has 0 saturated heterocycles. The first-order valence-corrected chi connectivity index (χ1v) is 8.26. The van der Waals surface area contributed by atoms with E-state index in [9.17, 15) is 13.5 Å². The predicted octanol–water partition coefficient (Wildman–Crippen LogP) is 1.20. The molecule has 20 heavy (non-hydrogen) atoms. The summed E-state index contributed by atoms with van der Waals surface area (Å²) in [7, 11) is -1.89. The van der Waals surface area contributed by atoms with Gasteiger partial charge in [0.25, 0.3) is 0 Å². The van der Waals surface area contributed by atoms with Gasteiger partial charge >= 0.3 is 0 Å². The maximum atomic E-state index is 12.3. The van der Waals surface area contributed by atoms with Crippen LogP contribution < -0.4 is 4.72 Å². The molecule has 0 unspecified atom stereocenters. The molecule has 1 aromatic carbocycles. The molecule has 0 amide bonds. The molecule has 112 valence electrons. The number of methoxy groups -OCH3 is 1. The minimum absolute atomic E-state index is 0.0617. The second kappa shape index (κ2) is 6.22. The smallest absolute Gasteiger partial charge is 0.240 e. The van der Waals surface area contributed by atoms with Crippen LogP contribution in [0.1, 0.15) is 30.9 Å². The van der Waals surface area contributed by atoms with E-state index in [0.717, 1.165) is 12.0 Å². The van der Waals surface area contributed by atoms with Gasteiger partial charge in [0.05, 0.1) is 17.6 Å². The van der Waals surface area contributed by atoms with Crippen LogP contribution in [-0.2, 0) is 27.8 Å². The number of aryl methyl sites for hydroxylation is 1. The van der Waals surface area contributed by atoms with E-state index in [4.69, 9.17) is 4.74 Å². The zero-order chi connectivity index (χ0) is 14.8. The molecule has 2 rings (SSSR count). The molecule has 0 spiro atoms. The lowest BCUT2D eigenvalue weighted by Gasteiger charge is -2.34. The van der Waals surface area contributed by atoms with Crippen LogP contribution in [0.5, 0.6) is 0 Å². The van der Waals surface area contributed by atoms with Crippen LogP contribution in [0, 0.1) is 0 Å². The lowest BCUT2D eigenvalue weighted by molar-refractivity contribution is 0.0236. The molecule has 1 aromatic rings. The molecular weight excluding hydrogens is 278 g/mol. The Morgan fingerprint density at radius 1 is 1.35 bits per heavy atom. The molecule has 0 aromatic heterocycles. The van der Waals surface area contributed by atoms with Crippen LogP contribution >= 0.6 is 0 Å². The lowest BCUT2D eigenvalue weighted by Crippen LogP contribution is -2.47. The van der Waals surface area contributed by atoms with Crippen molar-refractivity contribution in [3.63, 3.8) is 0 Å². The Labute approximate surface area is 120 Å². The summed E-state index contributed by atoms with van der Waals surface area (Å²) in [5.74, 6) is 0. The minimum atomic E-state index is -3.53. The first kappa shape index (κ1) is 15.4. The van der Waals surface area contributed by atoms with Crippen molar-refractivity contribution >= 4 is 10.0 Å². The number of hydrogen-bond donors (Lipinski definition) is 2. The molecule has 5 nitrogen and oxygen atoms in total. The molecule has 6 heteroatoms. The van der Waals surface area contributed by atoms with Gasteiger partial charge in [-0.2, -0.15) is 0 Å². The third-order valence-electron chi connectivity index (χ3n) is 3.79. The summed E-state index contributed by atoms with van der Waals surface area (Å²) in [6.45, 7) is 1.82. The second-order valence-electron chi connectivity index (χ2n) is 5.09. The first-order chi connectivity index (χ1) is 9.50. The van der Waals surface area contributed by atoms with Crippen LogP contribution in [0.3, 0.4) is 0 Å². The summed E-state index contributed by atoms with van der Waals surface area (Å²) in [5, 5.41) is 9.31. The van der Waals surface area contributed by atoms with Crippen molar-refractivity contribution in [3.8, 4) is 0 Å². The van der Waals surface area contributed by atoms with Gasteiger partial charge in [0.15, 0.2) is 0 Å². The van der Waals surface area contributed by atoms with E-state index in [-0.39, 0.29) is 23.6 Å². The van der Waals surface area contributed by atoms with Gasteiger partial charge in [0.2, 0.25) is 10.0 Å². The van der Waals surface area contributed by atoms with Gasteiger partial charge in [-0.25, -0.2) is 13.1 Å². The number of nitrogens with one attached hydrogen (secondary N) is 1. The highest BCUT2D eigenvalue weighted by Gasteiger charge is 2.32. The second-order valence-corrected chi connectivity index (χ2v) is 6.80. The molecule has 0 bridgehead atoms. The SMILES string of the molecule is CCc1ccc(S(=O)(=O)NC2CC(OC)C2)cc1CO. The molecule has 0 atom stereocenters. The summed E-state index contributed by atoms with van der Waals surface area (Å²) in [6.07, 6.45) is 2.32. The van der Waals surface area contributed by atoms with Crippen LogP contribution in [0.25, 0.3) is 0 Å². The summed E-state index contributed by atoms with van der Waals surface area (Å²) in [6, 6.07) is 4.84. The van der Waals surface area contributed by atoms with Crippen LogP contribution in [0.15, 0.2) is 23.1 Å². The van der Waals surface area contributed by atoms with Crippen LogP contribution in [0.4, 0.5) is 0 Å². The fourth-order valence-corrected chi connectivity index (χ4v) is 3.72. The van der Waals surface area contributed by atoms with Crippen LogP contribution in [-0.4, -0.2) is 32.8 Å². The van der Waals surface area contributed by atoms with Crippen molar-refractivity contribution in [1.82, 2.24) is 4.72 Å². The average Bonchev–Trinajstić information content (AvgIpc) is 2.41. The van der Waals surface area contributed by atoms with Gasteiger partial charge in [-0.05, 0) is 42.5 Å². The van der Waals surface area contributed by atoms with E-state index in [1.165, 1.54) is 0 Å². The molecular formula is C14H21NO4S. The maximum Gasteiger partial charge on any atom is 0.240 e. The number of hydrogen-bond acceptors (Lipinski definition) is 4. The van der Waals surface area contributed by atoms with E-state index in [1.54, 1.807) is 25.3 Å². The summed E-state index contributed by atoms with van der Waals surface area (Å²) < 4.78 is 32.3. The number of sulfonamides is 1. The van der Waals surface area contributed by atoms with E-state index >= 15 is 0 Å². The quantitative estimate of drug-likeness (QED) is 0.827. The fourth-order valence-electron chi connectivity index (χ4n) is 2.40. The van der Waals surface area contributed by atoms with Crippen molar-refractivity contribution in [1.29, 1.82) is 0 Å². The van der Waals surface area contributed by atoms with Gasteiger partial charge in [-0.1, -0.05) is 13.0 Å². The third kappa shape index (κ3) is 3.20. The van der Waals surface area contributed by atoms with Crippen molar-refractivity contribution in [2.45, 2.75) is 49.8 Å². The Morgan fingerprint density at radius 2 is 2.05 bits per heavy atom. The molecule has 0 radical (unpaired) electrons. The first-order valence-electron chi connectivity index (χ1n) is 6.78. The summed E-state index contributed by atoms with van der Waals surface area (Å²) in [4.78, 5) is 0.208. The highest BCUT2D eigenvalue weighted by molar-refractivity contribution is 7.89. The molecule has 1 fully saturated rings. The van der Waals surface area contributed by atoms with Crippen LogP contribution in [0.2, 0.25) is 0 Å². The Morgan fingerprint density at radius 3 is 2.60 bits per heavy atom. The van der Waals surface area contributed by atoms with Gasteiger partial charge in [-0.15, -0.1) is 0 Å². The van der Waals surface area contributed by atoms with Gasteiger partial charge in [0, 0.05) is 13.2 Å². The minimum Gasteiger partial charge on any atom is -0.392 e. The average molecular weight is 299 g/mol. The number of aliphatic hydroxyl groups excluding tert-OH is 1. The fraction of sp³-hybridized carbons (Fsp3) is 0.571. The largest absolute Gasteiger partial charge is 0.392 e. The van der Waals surface area contributed by atoms with E-state index in [1.807, 2.05) is 6.92 Å². The number of ether oxygens (including phenoxy) is 1. The summed E-state index contributed by atoms with van der Waals surface area (Å²) >= 11 is 0. The Bertz CT molecular complexity index is 565. The van der Waals surface area contributed by atoms with E-state index < -0.39 is 10.0 Å². The molecule has 1 aliphatic carbocycles. The van der Waals surface area contributed by atoms with Crippen molar-refractivity contribution in [2.75, 3.05) is 7.11 Å². The standard InChI is InChI=1S/C14H21NO4S/c1-3-10-4-5-14(6-11(10)9-16)20(17,18)15-12-7-13(8-12)19-2/h4-6,12-13,15-16H,3,7-9H2,1-2H3. The molecule has 0 aliphatic heterocycles. The monoisotopic (exact) mass is 299 g/mol. The Hall–Kier alpha value is -0.950. The topological polar surface area (TPSA) is 75.6 Å². The zero-order valence-corrected chi connectivity index (χ0v) is 12.6. The molecule has 2 N–H and O–H groups in total. The lowest BCUT2D eigenvalue weighted by atomic mass is 9.90. The van der Waals surface area contributed by atoms with Crippen molar-refractivity contribution < 1.29 is 18.3 Å². The van der Waals surface area contributed by atoms with Gasteiger partial charge < -0.3 is 9.84 Å². The number of aliphatic hydroxyl groups is 1. The normalized spacial score (nSPS) is 22.6. The number of benzene rings is 1. The highest BCUT2D eigenvalue weighted by atomic mass is 32.2. The molecule has 1 aliphatic rings. The van der Waals surface area contributed by atoms with Crippen molar-refractivity contribution in [3.05, 3.63) is 29.3 Å². The van der Waals surface area contributed by atoms with E-state index in [0.29, 0.717) is 18.4 Å². The number of rotatable bonds is 6. The van der Waals surface area contributed by atoms with Gasteiger partial charge in [0.1, 0.15) is 0 Å². The Kier molecular flexibility index (Phi) is 4.80. The van der Waals surface area contributed by atoms with Crippen molar-refractivity contribution in [2.24, 2.45) is 0 Å². The van der Waals surface area contributed by atoms with E-state index in [2.05, 4.69) is 4.72 Å². The summed E-state index contributed by atoms with van der Waals surface area (Å²) in [5.41, 5.74) is 1.63. The Balaban J connectivity index is 2.13.